The van der Waals surface area contributed by atoms with Gasteiger partial charge in [0.15, 0.2) is 0 Å². The number of carbonyl (C=O) groups excluding carboxylic acids is 3. The van der Waals surface area contributed by atoms with E-state index in [1.165, 1.54) is 23.8 Å². The highest BCUT2D eigenvalue weighted by atomic mass is 19.3. The van der Waals surface area contributed by atoms with Crippen molar-refractivity contribution in [1.82, 2.24) is 19.6 Å². The van der Waals surface area contributed by atoms with Crippen LogP contribution in [0.25, 0.3) is 6.08 Å². The molecule has 2 saturated heterocycles. The Bertz CT molecular complexity index is 1940. The van der Waals surface area contributed by atoms with E-state index in [0.29, 0.717) is 51.3 Å². The monoisotopic (exact) mass is 778 g/mol. The first kappa shape index (κ1) is 40.9. The van der Waals surface area contributed by atoms with Crippen molar-refractivity contribution in [3.8, 4) is 5.75 Å². The molecule has 2 heterocycles. The number of carbonyl (C=O) groups is 3. The summed E-state index contributed by atoms with van der Waals surface area (Å²) in [7, 11) is 4.04. The second-order valence-electron chi connectivity index (χ2n) is 14.8. The lowest BCUT2D eigenvalue weighted by Gasteiger charge is -2.39. The van der Waals surface area contributed by atoms with Crippen molar-refractivity contribution in [3.63, 3.8) is 0 Å². The summed E-state index contributed by atoms with van der Waals surface area (Å²) in [6.07, 6.45) is 3.39. The first-order chi connectivity index (χ1) is 27.5. The third kappa shape index (κ3) is 11.4. The fourth-order valence-corrected chi connectivity index (χ4v) is 7.32. The molecule has 0 N–H and O–H groups in total. The number of nitrogens with zero attached hydrogens (tertiary/aromatic N) is 6. The summed E-state index contributed by atoms with van der Waals surface area (Å²) in [6.45, 7) is 4.91. The van der Waals surface area contributed by atoms with Gasteiger partial charge in [-0.2, -0.15) is 8.78 Å². The van der Waals surface area contributed by atoms with Crippen LogP contribution in [0.1, 0.15) is 29.2 Å². The Hall–Kier alpha value is -5.75. The van der Waals surface area contributed by atoms with Crippen molar-refractivity contribution >= 4 is 35.2 Å². The zero-order valence-corrected chi connectivity index (χ0v) is 33.0. The molecule has 0 radical (unpaired) electrons. The molecule has 4 aromatic carbocycles. The van der Waals surface area contributed by atoms with Crippen LogP contribution in [0.5, 0.6) is 5.75 Å². The molecule has 12 heteroatoms. The summed E-state index contributed by atoms with van der Waals surface area (Å²) in [5.74, 6) is -0.352. The lowest BCUT2D eigenvalue weighted by atomic mass is 10.0. The maximum atomic E-state index is 14.7. The molecule has 57 heavy (non-hydrogen) atoms. The highest BCUT2D eigenvalue weighted by Crippen LogP contribution is 2.23. The minimum absolute atomic E-state index is 0.0233. The van der Waals surface area contributed by atoms with Crippen LogP contribution in [0.4, 0.5) is 20.2 Å². The van der Waals surface area contributed by atoms with Crippen molar-refractivity contribution in [2.75, 3.05) is 76.3 Å². The fourth-order valence-electron chi connectivity index (χ4n) is 7.32. The number of hydrogen-bond donors (Lipinski definition) is 0. The van der Waals surface area contributed by atoms with Gasteiger partial charge in [-0.15, -0.1) is 0 Å². The van der Waals surface area contributed by atoms with Gasteiger partial charge in [-0.1, -0.05) is 66.7 Å². The van der Waals surface area contributed by atoms with Gasteiger partial charge in [0.05, 0.1) is 0 Å². The molecule has 0 aromatic heterocycles. The molecule has 1 atom stereocenters. The topological polar surface area (TPSA) is 79.9 Å². The van der Waals surface area contributed by atoms with E-state index in [2.05, 4.69) is 43.7 Å². The van der Waals surface area contributed by atoms with E-state index in [-0.39, 0.29) is 30.0 Å². The minimum atomic E-state index is -2.94. The Morgan fingerprint density at radius 1 is 0.719 bits per heavy atom. The van der Waals surface area contributed by atoms with Gasteiger partial charge >= 0.3 is 6.61 Å². The van der Waals surface area contributed by atoms with Crippen LogP contribution >= 0.6 is 0 Å². The Kier molecular flexibility index (Phi) is 13.9. The molecule has 4 aromatic rings. The van der Waals surface area contributed by atoms with E-state index >= 15 is 0 Å². The summed E-state index contributed by atoms with van der Waals surface area (Å²) < 4.78 is 30.0. The number of rotatable bonds is 14. The van der Waals surface area contributed by atoms with Gasteiger partial charge in [-0.25, -0.2) is 0 Å². The zero-order chi connectivity index (χ0) is 40.3. The maximum absolute atomic E-state index is 14.7. The summed E-state index contributed by atoms with van der Waals surface area (Å²) in [5, 5.41) is 0. The van der Waals surface area contributed by atoms with Gasteiger partial charge in [-0.3, -0.25) is 19.3 Å². The normalized spacial score (nSPS) is 15.5. The van der Waals surface area contributed by atoms with E-state index in [4.69, 9.17) is 0 Å². The quantitative estimate of drug-likeness (QED) is 0.145. The number of ether oxygens (including phenoxy) is 1. The average Bonchev–Trinajstić information content (AvgIpc) is 3.22. The van der Waals surface area contributed by atoms with Crippen LogP contribution in [-0.4, -0.2) is 116 Å². The largest absolute Gasteiger partial charge is 0.435 e. The second kappa shape index (κ2) is 19.4. The minimum Gasteiger partial charge on any atom is -0.435 e. The third-order valence-electron chi connectivity index (χ3n) is 10.7. The SMILES string of the molecule is CC(=O)N1CCN(c2ccc(CN(C(=O)C=Cc3ccc(OC(F)F)cc3)[C@@H](Cc3ccccc3)C(=O)N3CCN(Cc4ccc(N(C)C)cc4)CC3)cc2)CC1. The van der Waals surface area contributed by atoms with E-state index in [1.54, 1.807) is 30.0 Å². The fraction of sp³-hybridized carbons (Fsp3) is 0.356. The van der Waals surface area contributed by atoms with E-state index in [0.717, 1.165) is 42.1 Å². The Morgan fingerprint density at radius 2 is 1.33 bits per heavy atom. The smallest absolute Gasteiger partial charge is 0.387 e. The summed E-state index contributed by atoms with van der Waals surface area (Å²) in [4.78, 5) is 53.0. The Balaban J connectivity index is 1.23. The number of anilines is 2. The van der Waals surface area contributed by atoms with Crippen molar-refractivity contribution in [1.29, 1.82) is 0 Å². The first-order valence-corrected chi connectivity index (χ1v) is 19.5. The molecule has 3 amide bonds. The molecule has 6 rings (SSSR count). The summed E-state index contributed by atoms with van der Waals surface area (Å²) in [5.41, 5.74) is 5.82. The lowest BCUT2D eigenvalue weighted by Crippen LogP contribution is -2.56. The second-order valence-corrected chi connectivity index (χ2v) is 14.8. The van der Waals surface area contributed by atoms with Crippen LogP contribution in [-0.2, 0) is 33.9 Å². The molecule has 2 aliphatic heterocycles. The Labute approximate surface area is 334 Å². The average molecular weight is 779 g/mol. The molecule has 10 nitrogen and oxygen atoms in total. The molecular weight excluding hydrogens is 727 g/mol. The van der Waals surface area contributed by atoms with Crippen molar-refractivity contribution < 1.29 is 27.9 Å². The van der Waals surface area contributed by atoms with Gasteiger partial charge < -0.3 is 29.2 Å². The van der Waals surface area contributed by atoms with E-state index in [1.807, 2.05) is 78.5 Å². The highest BCUT2D eigenvalue weighted by molar-refractivity contribution is 5.96. The van der Waals surface area contributed by atoms with Gasteiger partial charge in [0.2, 0.25) is 17.7 Å². The van der Waals surface area contributed by atoms with Gasteiger partial charge in [0, 0.05) is 110 Å². The number of benzene rings is 4. The molecule has 0 bridgehead atoms. The first-order valence-electron chi connectivity index (χ1n) is 19.5. The van der Waals surface area contributed by atoms with Crippen LogP contribution in [0.15, 0.2) is 109 Å². The van der Waals surface area contributed by atoms with Crippen molar-refractivity contribution in [2.45, 2.75) is 39.1 Å². The molecule has 0 spiro atoms. The van der Waals surface area contributed by atoms with E-state index < -0.39 is 12.7 Å². The van der Waals surface area contributed by atoms with Crippen LogP contribution in [0, 0.1) is 0 Å². The number of hydrogen-bond acceptors (Lipinski definition) is 7. The number of halogens is 2. The number of amides is 3. The highest BCUT2D eigenvalue weighted by Gasteiger charge is 2.34. The number of piperazine rings is 2. The standard InChI is InChI=1S/C45H52F2N6O4/c1-34(54)50-27-29-51(30-28-50)40-18-11-38(12-19-40)33-53(43(55)22-15-35-13-20-41(21-14-35)57-45(46)47)42(31-36-7-5-4-6-8-36)44(56)52-25-23-49(24-26-52)32-37-9-16-39(17-10-37)48(2)3/h4-22,42,45H,23-33H2,1-3H3/t42-/m0/s1. The zero-order valence-electron chi connectivity index (χ0n) is 33.0. The predicted octanol–water partition coefficient (Wildman–Crippen LogP) is 6.02. The van der Waals surface area contributed by atoms with Gasteiger partial charge in [0.25, 0.3) is 0 Å². The predicted molar refractivity (Wildman–Crippen MR) is 220 cm³/mol. The maximum Gasteiger partial charge on any atom is 0.387 e. The van der Waals surface area contributed by atoms with Gasteiger partial charge in [0.1, 0.15) is 11.8 Å². The number of alkyl halides is 2. The van der Waals surface area contributed by atoms with Gasteiger partial charge in [-0.05, 0) is 64.7 Å². The molecule has 2 aliphatic rings. The molecule has 2 fully saturated rings. The summed E-state index contributed by atoms with van der Waals surface area (Å²) >= 11 is 0. The van der Waals surface area contributed by atoms with Crippen LogP contribution in [0.3, 0.4) is 0 Å². The third-order valence-corrected chi connectivity index (χ3v) is 10.7. The van der Waals surface area contributed by atoms with Crippen molar-refractivity contribution in [2.24, 2.45) is 0 Å². The van der Waals surface area contributed by atoms with Crippen LogP contribution < -0.4 is 14.5 Å². The molecule has 300 valence electrons. The lowest BCUT2D eigenvalue weighted by molar-refractivity contribution is -0.145. The molecular formula is C45H52F2N6O4. The van der Waals surface area contributed by atoms with E-state index in [9.17, 15) is 23.2 Å². The Morgan fingerprint density at radius 3 is 1.93 bits per heavy atom. The summed E-state index contributed by atoms with van der Waals surface area (Å²) in [6, 6.07) is 31.6. The molecule has 0 aliphatic carbocycles. The molecule has 0 saturated carbocycles. The van der Waals surface area contributed by atoms with Crippen molar-refractivity contribution in [3.05, 3.63) is 131 Å². The van der Waals surface area contributed by atoms with Crippen LogP contribution in [0.2, 0.25) is 0 Å². The molecule has 0 unspecified atom stereocenters.